The molecule has 2 N–H and O–H groups in total. The fourth-order valence-electron chi connectivity index (χ4n) is 4.14. The van der Waals surface area contributed by atoms with E-state index in [2.05, 4.69) is 27.7 Å². The number of hydrogen-bond acceptors (Lipinski definition) is 5. The molecule has 1 aliphatic carbocycles. The first-order chi connectivity index (χ1) is 14.2. The van der Waals surface area contributed by atoms with E-state index in [9.17, 15) is 4.79 Å². The van der Waals surface area contributed by atoms with Crippen LogP contribution in [0.1, 0.15) is 24.0 Å². The molecule has 4 bridgehead atoms. The number of benzene rings is 2. The minimum absolute atomic E-state index is 0.000723. The number of carbonyl (C=O) groups is 1. The maximum absolute atomic E-state index is 12.8. The zero-order chi connectivity index (χ0) is 19.6. The molecule has 29 heavy (non-hydrogen) atoms. The highest BCUT2D eigenvalue weighted by atomic mass is 16.5. The number of carbonyl (C=O) groups excluding carboxylic acids is 1. The van der Waals surface area contributed by atoms with E-state index >= 15 is 0 Å². The molecule has 6 nitrogen and oxygen atoms in total. The third-order valence-electron chi connectivity index (χ3n) is 5.80. The highest BCUT2D eigenvalue weighted by Crippen LogP contribution is 2.30. The molecule has 2 atom stereocenters. The molecule has 6 heteroatoms. The van der Waals surface area contributed by atoms with Crippen molar-refractivity contribution in [3.8, 4) is 11.5 Å². The van der Waals surface area contributed by atoms with Crippen LogP contribution in [-0.4, -0.2) is 48.6 Å². The summed E-state index contributed by atoms with van der Waals surface area (Å²) in [4.78, 5) is 15.0. The third kappa shape index (κ3) is 4.61. The van der Waals surface area contributed by atoms with E-state index < -0.39 is 0 Å². The molecule has 1 saturated carbocycles. The molecule has 1 amide bonds. The molecule has 3 aliphatic rings. The van der Waals surface area contributed by atoms with Crippen LogP contribution < -0.4 is 15.4 Å². The Morgan fingerprint density at radius 3 is 2.48 bits per heavy atom. The van der Waals surface area contributed by atoms with E-state index in [1.807, 2.05) is 36.4 Å². The summed E-state index contributed by atoms with van der Waals surface area (Å²) in [6.07, 6.45) is 2.29. The molecule has 0 aromatic heterocycles. The Bertz CT molecular complexity index is 883. The number of ether oxygens (including phenoxy) is 2. The Balaban J connectivity index is 1.43. The van der Waals surface area contributed by atoms with Gasteiger partial charge in [-0.3, -0.25) is 9.69 Å². The van der Waals surface area contributed by atoms with E-state index in [4.69, 9.17) is 9.47 Å². The molecule has 0 spiro atoms. The molecule has 5 rings (SSSR count). The number of nitrogens with one attached hydrogen (secondary N) is 2. The summed E-state index contributed by atoms with van der Waals surface area (Å²) < 4.78 is 12.3. The molecule has 2 aliphatic heterocycles. The molecule has 0 radical (unpaired) electrons. The average Bonchev–Trinajstić information content (AvgIpc) is 3.47. The minimum atomic E-state index is -0.0291. The fourth-order valence-corrected chi connectivity index (χ4v) is 4.14. The van der Waals surface area contributed by atoms with Gasteiger partial charge in [-0.15, -0.1) is 0 Å². The second-order valence-electron chi connectivity index (χ2n) is 8.21. The largest absolute Gasteiger partial charge is 0.457 e. The summed E-state index contributed by atoms with van der Waals surface area (Å²) in [6.45, 7) is 3.14. The standard InChI is InChI=1S/C23H27N3O3/c27-23-14-26(18-7-8-18)13-16-3-1-5-19(9-16)29-20-6-2-4-17(10-20)15-28-22-12-24-11-21(22)25-23/h1-6,9-10,18,21-22,24H,7-8,11-15H2,(H,25,27)/t21-,22-/m0/s1. The van der Waals surface area contributed by atoms with Crippen LogP contribution in [0, 0.1) is 0 Å². The molecule has 2 fully saturated rings. The highest BCUT2D eigenvalue weighted by molar-refractivity contribution is 5.78. The van der Waals surface area contributed by atoms with Crippen molar-refractivity contribution in [1.82, 2.24) is 15.5 Å². The monoisotopic (exact) mass is 393 g/mol. The second-order valence-corrected chi connectivity index (χ2v) is 8.21. The zero-order valence-electron chi connectivity index (χ0n) is 16.5. The third-order valence-corrected chi connectivity index (χ3v) is 5.80. The maximum Gasteiger partial charge on any atom is 0.234 e. The lowest BCUT2D eigenvalue weighted by molar-refractivity contribution is -0.124. The van der Waals surface area contributed by atoms with Crippen LogP contribution >= 0.6 is 0 Å². The predicted molar refractivity (Wildman–Crippen MR) is 110 cm³/mol. The molecule has 2 aromatic carbocycles. The van der Waals surface area contributed by atoms with Crippen LogP contribution in [0.4, 0.5) is 0 Å². The van der Waals surface area contributed by atoms with Gasteiger partial charge in [0, 0.05) is 25.7 Å². The van der Waals surface area contributed by atoms with E-state index in [1.54, 1.807) is 0 Å². The molecule has 0 unspecified atom stereocenters. The van der Waals surface area contributed by atoms with Gasteiger partial charge >= 0.3 is 0 Å². The summed E-state index contributed by atoms with van der Waals surface area (Å²) in [5.41, 5.74) is 2.22. The SMILES string of the molecule is O=C1CN(C2CC2)Cc2cccc(c2)Oc2cccc(c2)CO[C@H]2CNC[C@@H]2N1. The first kappa shape index (κ1) is 18.6. The van der Waals surface area contributed by atoms with Gasteiger partial charge in [-0.2, -0.15) is 0 Å². The molecule has 2 aromatic rings. The van der Waals surface area contributed by atoms with Crippen LogP contribution in [0.5, 0.6) is 11.5 Å². The second kappa shape index (κ2) is 8.14. The van der Waals surface area contributed by atoms with Crippen molar-refractivity contribution in [3.63, 3.8) is 0 Å². The quantitative estimate of drug-likeness (QED) is 0.779. The lowest BCUT2D eigenvalue weighted by Crippen LogP contribution is -2.48. The van der Waals surface area contributed by atoms with Gasteiger partial charge in [0.1, 0.15) is 11.5 Å². The molecule has 1 saturated heterocycles. The van der Waals surface area contributed by atoms with Crippen molar-refractivity contribution in [2.45, 2.75) is 44.2 Å². The molecular weight excluding hydrogens is 366 g/mol. The number of rotatable bonds is 1. The first-order valence-corrected chi connectivity index (χ1v) is 10.4. The van der Waals surface area contributed by atoms with Crippen LogP contribution in [0.3, 0.4) is 0 Å². The maximum atomic E-state index is 12.8. The van der Waals surface area contributed by atoms with Gasteiger partial charge in [-0.05, 0) is 48.2 Å². The van der Waals surface area contributed by atoms with Gasteiger partial charge < -0.3 is 20.1 Å². The van der Waals surface area contributed by atoms with Gasteiger partial charge in [0.2, 0.25) is 5.91 Å². The van der Waals surface area contributed by atoms with Crippen molar-refractivity contribution in [1.29, 1.82) is 0 Å². The summed E-state index contributed by atoms with van der Waals surface area (Å²) >= 11 is 0. The highest BCUT2D eigenvalue weighted by Gasteiger charge is 2.33. The van der Waals surface area contributed by atoms with Crippen molar-refractivity contribution in [2.75, 3.05) is 19.6 Å². The lowest BCUT2D eigenvalue weighted by Gasteiger charge is -2.25. The normalized spacial score (nSPS) is 25.7. The van der Waals surface area contributed by atoms with Gasteiger partial charge in [0.15, 0.2) is 0 Å². The number of amides is 1. The van der Waals surface area contributed by atoms with Gasteiger partial charge in [0.05, 0.1) is 25.3 Å². The summed E-state index contributed by atoms with van der Waals surface area (Å²) in [6, 6.07) is 16.7. The van der Waals surface area contributed by atoms with Crippen LogP contribution in [0.2, 0.25) is 0 Å². The van der Waals surface area contributed by atoms with Crippen molar-refractivity contribution in [3.05, 3.63) is 59.7 Å². The van der Waals surface area contributed by atoms with Gasteiger partial charge in [-0.25, -0.2) is 0 Å². The Morgan fingerprint density at radius 1 is 0.931 bits per heavy atom. The Hall–Kier alpha value is -2.41. The zero-order valence-corrected chi connectivity index (χ0v) is 16.5. The molecule has 2 heterocycles. The summed E-state index contributed by atoms with van der Waals surface area (Å²) in [5, 5.41) is 6.53. The van der Waals surface area contributed by atoms with Crippen LogP contribution in [-0.2, 0) is 22.7 Å². The van der Waals surface area contributed by atoms with E-state index in [0.717, 1.165) is 55.1 Å². The minimum Gasteiger partial charge on any atom is -0.457 e. The Kier molecular flexibility index (Phi) is 5.23. The summed E-state index contributed by atoms with van der Waals surface area (Å²) in [5.74, 6) is 1.69. The number of hydrogen-bond donors (Lipinski definition) is 2. The van der Waals surface area contributed by atoms with Crippen LogP contribution in [0.25, 0.3) is 0 Å². The smallest absolute Gasteiger partial charge is 0.234 e. The van der Waals surface area contributed by atoms with Gasteiger partial charge in [-0.1, -0.05) is 24.3 Å². The topological polar surface area (TPSA) is 62.8 Å². The Morgan fingerprint density at radius 2 is 1.69 bits per heavy atom. The number of fused-ring (bicyclic) bond motifs is 5. The van der Waals surface area contributed by atoms with Crippen molar-refractivity contribution < 1.29 is 14.3 Å². The van der Waals surface area contributed by atoms with E-state index in [1.165, 1.54) is 0 Å². The van der Waals surface area contributed by atoms with Crippen molar-refractivity contribution >= 4 is 5.91 Å². The van der Waals surface area contributed by atoms with E-state index in [0.29, 0.717) is 19.2 Å². The number of nitrogens with zero attached hydrogens (tertiary/aromatic N) is 1. The first-order valence-electron chi connectivity index (χ1n) is 10.4. The Labute approximate surface area is 171 Å². The molecular formula is C23H27N3O3. The summed E-state index contributed by atoms with van der Waals surface area (Å²) in [7, 11) is 0. The van der Waals surface area contributed by atoms with Gasteiger partial charge in [0.25, 0.3) is 0 Å². The predicted octanol–water partition coefficient (Wildman–Crippen LogP) is 2.43. The van der Waals surface area contributed by atoms with Crippen LogP contribution in [0.15, 0.2) is 48.5 Å². The van der Waals surface area contributed by atoms with E-state index in [-0.39, 0.29) is 18.1 Å². The molecule has 152 valence electrons. The van der Waals surface area contributed by atoms with Crippen molar-refractivity contribution in [2.24, 2.45) is 0 Å². The average molecular weight is 393 g/mol. The lowest BCUT2D eigenvalue weighted by atomic mass is 10.1. The fraction of sp³-hybridized carbons (Fsp3) is 0.435.